The third-order valence-corrected chi connectivity index (χ3v) is 4.05. The van der Waals surface area contributed by atoms with Gasteiger partial charge in [0.25, 0.3) is 0 Å². The third-order valence-electron chi connectivity index (χ3n) is 4.05. The summed E-state index contributed by atoms with van der Waals surface area (Å²) in [6, 6.07) is 7.83. The molecule has 0 spiro atoms. The molecule has 0 saturated carbocycles. The predicted octanol–water partition coefficient (Wildman–Crippen LogP) is 1.69. The Morgan fingerprint density at radius 2 is 2.00 bits per heavy atom. The van der Waals surface area contributed by atoms with Gasteiger partial charge >= 0.3 is 0 Å². The summed E-state index contributed by atoms with van der Waals surface area (Å²) in [6.45, 7) is 1.62. The average molecular weight is 305 g/mol. The molecular weight excluding hydrogens is 282 g/mol. The van der Waals surface area contributed by atoms with Crippen LogP contribution in [0.25, 0.3) is 0 Å². The number of nitrogens with zero attached hydrogens (tertiary/aromatic N) is 1. The summed E-state index contributed by atoms with van der Waals surface area (Å²) in [5, 5.41) is 0. The fraction of sp³-hybridized carbons (Fsp3) is 0.529. The molecule has 5 nitrogen and oxygen atoms in total. The van der Waals surface area contributed by atoms with Gasteiger partial charge in [-0.15, -0.1) is 0 Å². The van der Waals surface area contributed by atoms with Crippen LogP contribution in [0.3, 0.4) is 0 Å². The molecule has 1 amide bonds. The van der Waals surface area contributed by atoms with Crippen molar-refractivity contribution in [3.8, 4) is 5.75 Å². The number of Topliss-reactive ketones (excluding diaryl/α,β-unsaturated/α-hetero) is 1. The summed E-state index contributed by atoms with van der Waals surface area (Å²) < 4.78 is 10.0. The number of likely N-dealkylation sites (tertiary alicyclic amines) is 1. The van der Waals surface area contributed by atoms with E-state index in [4.69, 9.17) is 9.47 Å². The number of hydrogen-bond acceptors (Lipinski definition) is 4. The number of hydrogen-bond donors (Lipinski definition) is 0. The largest absolute Gasteiger partial charge is 0.497 e. The first-order chi connectivity index (χ1) is 10.6. The second-order valence-corrected chi connectivity index (χ2v) is 5.55. The van der Waals surface area contributed by atoms with Crippen LogP contribution in [-0.2, 0) is 20.7 Å². The summed E-state index contributed by atoms with van der Waals surface area (Å²) in [5.74, 6) is 0.856. The van der Waals surface area contributed by atoms with Crippen molar-refractivity contribution in [2.75, 3.05) is 33.9 Å². The fourth-order valence-electron chi connectivity index (χ4n) is 2.67. The highest BCUT2D eigenvalue weighted by Gasteiger charge is 2.33. The zero-order valence-corrected chi connectivity index (χ0v) is 13.2. The first-order valence-electron chi connectivity index (χ1n) is 7.56. The first-order valence-corrected chi connectivity index (χ1v) is 7.56. The van der Waals surface area contributed by atoms with E-state index in [0.29, 0.717) is 32.5 Å². The molecule has 0 bridgehead atoms. The monoisotopic (exact) mass is 305 g/mol. The van der Waals surface area contributed by atoms with E-state index in [0.717, 1.165) is 17.7 Å². The number of ether oxygens (including phenoxy) is 2. The smallest absolute Gasteiger partial charge is 0.223 e. The van der Waals surface area contributed by atoms with Crippen molar-refractivity contribution in [1.82, 2.24) is 4.90 Å². The Bertz CT molecular complexity index is 512. The van der Waals surface area contributed by atoms with E-state index in [2.05, 4.69) is 0 Å². The molecule has 0 radical (unpaired) electrons. The minimum absolute atomic E-state index is 0.0734. The van der Waals surface area contributed by atoms with Crippen LogP contribution < -0.4 is 4.74 Å². The van der Waals surface area contributed by atoms with E-state index >= 15 is 0 Å². The summed E-state index contributed by atoms with van der Waals surface area (Å²) in [7, 11) is 3.22. The van der Waals surface area contributed by atoms with Gasteiger partial charge < -0.3 is 14.4 Å². The molecule has 1 unspecified atom stereocenters. The van der Waals surface area contributed by atoms with Gasteiger partial charge in [-0.05, 0) is 24.1 Å². The molecule has 22 heavy (non-hydrogen) atoms. The Balaban J connectivity index is 1.82. The van der Waals surface area contributed by atoms with Gasteiger partial charge in [-0.1, -0.05) is 12.1 Å². The molecule has 1 aromatic rings. The number of benzene rings is 1. The summed E-state index contributed by atoms with van der Waals surface area (Å²) >= 11 is 0. The van der Waals surface area contributed by atoms with Crippen molar-refractivity contribution < 1.29 is 19.1 Å². The zero-order valence-electron chi connectivity index (χ0n) is 13.2. The molecule has 1 atom stereocenters. The molecule has 1 aromatic carbocycles. The van der Waals surface area contributed by atoms with E-state index in [1.807, 2.05) is 24.3 Å². The van der Waals surface area contributed by atoms with Crippen molar-refractivity contribution in [2.24, 2.45) is 5.92 Å². The molecule has 0 aromatic heterocycles. The lowest BCUT2D eigenvalue weighted by molar-refractivity contribution is -0.128. The van der Waals surface area contributed by atoms with Crippen LogP contribution in [0.15, 0.2) is 24.3 Å². The normalized spacial score (nSPS) is 17.8. The number of rotatable bonds is 8. The van der Waals surface area contributed by atoms with Crippen molar-refractivity contribution in [2.45, 2.75) is 19.3 Å². The van der Waals surface area contributed by atoms with Crippen LogP contribution in [0.5, 0.6) is 5.75 Å². The van der Waals surface area contributed by atoms with Crippen LogP contribution in [0.4, 0.5) is 0 Å². The number of amides is 1. The molecular formula is C17H23NO4. The van der Waals surface area contributed by atoms with E-state index < -0.39 is 0 Å². The van der Waals surface area contributed by atoms with Crippen molar-refractivity contribution in [3.63, 3.8) is 0 Å². The van der Waals surface area contributed by atoms with Gasteiger partial charge in [-0.3, -0.25) is 9.59 Å². The molecule has 0 N–H and O–H groups in total. The third kappa shape index (κ3) is 4.31. The average Bonchev–Trinajstić information content (AvgIpc) is 2.92. The standard InChI is InChI=1S/C17H23NO4/c1-21-10-8-16(19)14-11-17(20)18(12-14)9-7-13-3-5-15(22-2)6-4-13/h3-6,14H,7-12H2,1-2H3. The van der Waals surface area contributed by atoms with Gasteiger partial charge in [0.1, 0.15) is 11.5 Å². The number of methoxy groups -OCH3 is 2. The molecule has 1 heterocycles. The fourth-order valence-corrected chi connectivity index (χ4v) is 2.67. The van der Waals surface area contributed by atoms with Gasteiger partial charge in [0.05, 0.1) is 13.7 Å². The Morgan fingerprint density at radius 3 is 2.64 bits per heavy atom. The Labute approximate surface area is 131 Å². The van der Waals surface area contributed by atoms with Crippen LogP contribution in [0.1, 0.15) is 18.4 Å². The quantitative estimate of drug-likeness (QED) is 0.733. The molecule has 1 aliphatic rings. The minimum Gasteiger partial charge on any atom is -0.497 e. The van der Waals surface area contributed by atoms with E-state index in [9.17, 15) is 9.59 Å². The maximum absolute atomic E-state index is 12.0. The summed E-state index contributed by atoms with van der Waals surface area (Å²) in [6.07, 6.45) is 1.51. The van der Waals surface area contributed by atoms with Crippen molar-refractivity contribution in [3.05, 3.63) is 29.8 Å². The molecule has 5 heteroatoms. The predicted molar refractivity (Wildman–Crippen MR) is 82.9 cm³/mol. The zero-order chi connectivity index (χ0) is 15.9. The molecule has 2 rings (SSSR count). The van der Waals surface area contributed by atoms with E-state index in [1.165, 1.54) is 0 Å². The summed E-state index contributed by atoms with van der Waals surface area (Å²) in [5.41, 5.74) is 1.16. The lowest BCUT2D eigenvalue weighted by Gasteiger charge is -2.16. The van der Waals surface area contributed by atoms with Crippen LogP contribution in [-0.4, -0.2) is 50.5 Å². The highest BCUT2D eigenvalue weighted by atomic mass is 16.5. The maximum atomic E-state index is 12.0. The van der Waals surface area contributed by atoms with Crippen LogP contribution in [0, 0.1) is 5.92 Å². The molecule has 1 aliphatic heterocycles. The highest BCUT2D eigenvalue weighted by molar-refractivity contribution is 5.90. The van der Waals surface area contributed by atoms with Crippen LogP contribution in [0.2, 0.25) is 0 Å². The van der Waals surface area contributed by atoms with Gasteiger partial charge in [-0.25, -0.2) is 0 Å². The Morgan fingerprint density at radius 1 is 1.27 bits per heavy atom. The lowest BCUT2D eigenvalue weighted by atomic mass is 10.0. The molecule has 1 fully saturated rings. The molecule has 0 aliphatic carbocycles. The highest BCUT2D eigenvalue weighted by Crippen LogP contribution is 2.20. The number of carbonyl (C=O) groups is 2. The topological polar surface area (TPSA) is 55.8 Å². The molecule has 120 valence electrons. The van der Waals surface area contributed by atoms with E-state index in [1.54, 1.807) is 19.1 Å². The summed E-state index contributed by atoms with van der Waals surface area (Å²) in [4.78, 5) is 25.8. The SMILES string of the molecule is COCCC(=O)C1CC(=O)N(CCc2ccc(OC)cc2)C1. The number of ketones is 1. The van der Waals surface area contributed by atoms with Gasteiger partial charge in [0, 0.05) is 39.0 Å². The minimum atomic E-state index is -0.168. The van der Waals surface area contributed by atoms with Crippen LogP contribution >= 0.6 is 0 Å². The number of carbonyl (C=O) groups excluding carboxylic acids is 2. The second kappa shape index (κ2) is 7.94. The first kappa shape index (κ1) is 16.5. The molecule has 1 saturated heterocycles. The van der Waals surface area contributed by atoms with Crippen molar-refractivity contribution >= 4 is 11.7 Å². The van der Waals surface area contributed by atoms with Gasteiger partial charge in [-0.2, -0.15) is 0 Å². The maximum Gasteiger partial charge on any atom is 0.223 e. The lowest BCUT2D eigenvalue weighted by Crippen LogP contribution is -2.28. The Kier molecular flexibility index (Phi) is 5.95. The second-order valence-electron chi connectivity index (χ2n) is 5.55. The van der Waals surface area contributed by atoms with Gasteiger partial charge in [0.2, 0.25) is 5.91 Å². The Hall–Kier alpha value is -1.88. The van der Waals surface area contributed by atoms with Gasteiger partial charge in [0.15, 0.2) is 0 Å². The van der Waals surface area contributed by atoms with Crippen molar-refractivity contribution in [1.29, 1.82) is 0 Å². The van der Waals surface area contributed by atoms with E-state index in [-0.39, 0.29) is 17.6 Å².